The molecule has 1 aromatic carbocycles. The molecule has 3 nitrogen and oxygen atoms in total. The Morgan fingerprint density at radius 3 is 1.88 bits per heavy atom. The van der Waals surface area contributed by atoms with Crippen LogP contribution in [-0.2, 0) is 10.0 Å². The normalized spacial score (nSPS) is 11.6. The summed E-state index contributed by atoms with van der Waals surface area (Å²) >= 11 is 0. The van der Waals surface area contributed by atoms with Crippen LogP contribution in [0, 0.1) is 13.8 Å². The molecule has 0 radical (unpaired) electrons. The zero-order valence-corrected chi connectivity index (χ0v) is 10.0. The van der Waals surface area contributed by atoms with Crippen LogP contribution in [0.15, 0.2) is 47.4 Å². The van der Waals surface area contributed by atoms with Crippen LogP contribution >= 0.6 is 0 Å². The summed E-state index contributed by atoms with van der Waals surface area (Å²) in [5, 5.41) is 0. The molecule has 4 heteroatoms. The number of rotatable bonds is 2. The van der Waals surface area contributed by atoms with Crippen LogP contribution in [0.4, 0.5) is 0 Å². The molecule has 0 fully saturated rings. The standard InChI is InChI=1S/C12H13NO2S/c1-10-8-9-11(2)13(10)16(14,15)12-6-4-3-5-7-12/h3-9H,1-2H3. The van der Waals surface area contributed by atoms with Gasteiger partial charge < -0.3 is 0 Å². The van der Waals surface area contributed by atoms with Crippen LogP contribution in [0.5, 0.6) is 0 Å². The summed E-state index contributed by atoms with van der Waals surface area (Å²) in [6, 6.07) is 12.1. The van der Waals surface area contributed by atoms with Crippen LogP contribution in [0.25, 0.3) is 0 Å². The number of aromatic nitrogens is 1. The highest BCUT2D eigenvalue weighted by atomic mass is 32.2. The van der Waals surface area contributed by atoms with Gasteiger partial charge in [0.15, 0.2) is 0 Å². The van der Waals surface area contributed by atoms with Crippen molar-refractivity contribution in [2.45, 2.75) is 18.7 Å². The lowest BCUT2D eigenvalue weighted by atomic mass is 10.4. The molecule has 2 aromatic rings. The number of aryl methyl sites for hydroxylation is 2. The predicted molar refractivity (Wildman–Crippen MR) is 62.9 cm³/mol. The minimum atomic E-state index is -3.44. The highest BCUT2D eigenvalue weighted by Gasteiger charge is 2.19. The van der Waals surface area contributed by atoms with Crippen molar-refractivity contribution >= 4 is 10.0 Å². The van der Waals surface area contributed by atoms with Crippen molar-refractivity contribution in [1.82, 2.24) is 3.97 Å². The van der Waals surface area contributed by atoms with E-state index in [1.807, 2.05) is 0 Å². The summed E-state index contributed by atoms with van der Waals surface area (Å²) in [7, 11) is -3.44. The zero-order chi connectivity index (χ0) is 11.8. The van der Waals surface area contributed by atoms with Crippen molar-refractivity contribution < 1.29 is 8.42 Å². The molecule has 0 aliphatic carbocycles. The fourth-order valence-electron chi connectivity index (χ4n) is 1.73. The molecular formula is C12H13NO2S. The summed E-state index contributed by atoms with van der Waals surface area (Å²) in [6.45, 7) is 3.57. The maximum absolute atomic E-state index is 12.3. The second kappa shape index (κ2) is 3.79. The molecule has 16 heavy (non-hydrogen) atoms. The van der Waals surface area contributed by atoms with Gasteiger partial charge in [0.2, 0.25) is 0 Å². The average molecular weight is 235 g/mol. The van der Waals surface area contributed by atoms with Gasteiger partial charge in [-0.15, -0.1) is 0 Å². The van der Waals surface area contributed by atoms with Crippen LogP contribution < -0.4 is 0 Å². The smallest absolute Gasteiger partial charge is 0.243 e. The Kier molecular flexibility index (Phi) is 2.59. The van der Waals surface area contributed by atoms with E-state index in [1.165, 1.54) is 3.97 Å². The topological polar surface area (TPSA) is 39.1 Å². The summed E-state index contributed by atoms with van der Waals surface area (Å²) in [5.41, 5.74) is 1.45. The summed E-state index contributed by atoms with van der Waals surface area (Å²) < 4.78 is 26.0. The molecule has 1 aromatic heterocycles. The highest BCUT2D eigenvalue weighted by molar-refractivity contribution is 7.90. The summed E-state index contributed by atoms with van der Waals surface area (Å²) in [6.07, 6.45) is 0. The third kappa shape index (κ3) is 1.65. The fourth-order valence-corrected chi connectivity index (χ4v) is 3.32. The van der Waals surface area contributed by atoms with E-state index in [-0.39, 0.29) is 0 Å². The van der Waals surface area contributed by atoms with Gasteiger partial charge >= 0.3 is 0 Å². The largest absolute Gasteiger partial charge is 0.268 e. The Morgan fingerprint density at radius 1 is 0.875 bits per heavy atom. The van der Waals surface area contributed by atoms with E-state index in [1.54, 1.807) is 56.3 Å². The lowest BCUT2D eigenvalue weighted by molar-refractivity contribution is 0.585. The SMILES string of the molecule is Cc1ccc(C)n1S(=O)(=O)c1ccccc1. The molecule has 2 rings (SSSR count). The van der Waals surface area contributed by atoms with Gasteiger partial charge in [-0.25, -0.2) is 12.4 Å². The molecule has 84 valence electrons. The molecule has 0 bridgehead atoms. The molecule has 0 spiro atoms. The van der Waals surface area contributed by atoms with Gasteiger partial charge in [0.25, 0.3) is 10.0 Å². The van der Waals surface area contributed by atoms with Gasteiger partial charge in [0.05, 0.1) is 4.90 Å². The van der Waals surface area contributed by atoms with E-state index < -0.39 is 10.0 Å². The molecule has 1 heterocycles. The monoisotopic (exact) mass is 235 g/mol. The number of hydrogen-bond donors (Lipinski definition) is 0. The molecular weight excluding hydrogens is 222 g/mol. The van der Waals surface area contributed by atoms with E-state index >= 15 is 0 Å². The first-order chi connectivity index (χ1) is 7.53. The van der Waals surface area contributed by atoms with Crippen LogP contribution in [-0.4, -0.2) is 12.4 Å². The second-order valence-corrected chi connectivity index (χ2v) is 5.49. The van der Waals surface area contributed by atoms with Crippen molar-refractivity contribution in [3.8, 4) is 0 Å². The van der Waals surface area contributed by atoms with E-state index in [4.69, 9.17) is 0 Å². The van der Waals surface area contributed by atoms with Crippen molar-refractivity contribution in [2.75, 3.05) is 0 Å². The Bertz CT molecular complexity index is 578. The number of nitrogens with zero attached hydrogens (tertiary/aromatic N) is 1. The van der Waals surface area contributed by atoms with E-state index in [0.29, 0.717) is 4.90 Å². The van der Waals surface area contributed by atoms with Gasteiger partial charge in [-0.2, -0.15) is 0 Å². The van der Waals surface area contributed by atoms with Crippen molar-refractivity contribution in [3.05, 3.63) is 53.9 Å². The lowest BCUT2D eigenvalue weighted by Crippen LogP contribution is -2.15. The van der Waals surface area contributed by atoms with Gasteiger partial charge in [-0.05, 0) is 38.1 Å². The highest BCUT2D eigenvalue weighted by Crippen LogP contribution is 2.18. The fraction of sp³-hybridized carbons (Fsp3) is 0.167. The van der Waals surface area contributed by atoms with Crippen molar-refractivity contribution in [3.63, 3.8) is 0 Å². The lowest BCUT2D eigenvalue weighted by Gasteiger charge is -2.10. The van der Waals surface area contributed by atoms with Crippen LogP contribution in [0.2, 0.25) is 0 Å². The summed E-state index contributed by atoms with van der Waals surface area (Å²) in [5.74, 6) is 0. The molecule has 0 aliphatic rings. The predicted octanol–water partition coefficient (Wildman–Crippen LogP) is 2.34. The first-order valence-electron chi connectivity index (χ1n) is 4.99. The molecule has 0 amide bonds. The van der Waals surface area contributed by atoms with Crippen molar-refractivity contribution in [2.24, 2.45) is 0 Å². The first kappa shape index (κ1) is 11.0. The van der Waals surface area contributed by atoms with Crippen LogP contribution in [0.3, 0.4) is 0 Å². The van der Waals surface area contributed by atoms with Gasteiger partial charge in [0.1, 0.15) is 0 Å². The Labute approximate surface area is 95.4 Å². The third-order valence-electron chi connectivity index (χ3n) is 2.49. The Hall–Kier alpha value is -1.55. The third-order valence-corrected chi connectivity index (χ3v) is 4.41. The second-order valence-electron chi connectivity index (χ2n) is 3.70. The zero-order valence-electron chi connectivity index (χ0n) is 9.21. The minimum absolute atomic E-state index is 0.317. The first-order valence-corrected chi connectivity index (χ1v) is 6.43. The van der Waals surface area contributed by atoms with Crippen LogP contribution in [0.1, 0.15) is 11.4 Å². The molecule has 0 saturated heterocycles. The Balaban J connectivity index is 2.66. The molecule has 0 saturated carbocycles. The summed E-state index contributed by atoms with van der Waals surface area (Å²) in [4.78, 5) is 0.317. The maximum Gasteiger partial charge on any atom is 0.268 e. The average Bonchev–Trinajstić information content (AvgIpc) is 2.60. The molecule has 0 unspecified atom stereocenters. The van der Waals surface area contributed by atoms with Gasteiger partial charge in [-0.1, -0.05) is 18.2 Å². The van der Waals surface area contributed by atoms with E-state index in [2.05, 4.69) is 0 Å². The number of hydrogen-bond acceptors (Lipinski definition) is 2. The molecule has 0 N–H and O–H groups in total. The van der Waals surface area contributed by atoms with E-state index in [9.17, 15) is 8.42 Å². The quantitative estimate of drug-likeness (QED) is 0.801. The maximum atomic E-state index is 12.3. The molecule has 0 atom stereocenters. The van der Waals surface area contributed by atoms with Gasteiger partial charge in [-0.3, -0.25) is 0 Å². The van der Waals surface area contributed by atoms with Crippen molar-refractivity contribution in [1.29, 1.82) is 0 Å². The number of benzene rings is 1. The minimum Gasteiger partial charge on any atom is -0.243 e. The molecule has 0 aliphatic heterocycles. The van der Waals surface area contributed by atoms with Gasteiger partial charge in [0, 0.05) is 11.4 Å². The Morgan fingerprint density at radius 2 is 1.38 bits per heavy atom. The van der Waals surface area contributed by atoms with E-state index in [0.717, 1.165) is 11.4 Å².